The Labute approximate surface area is 158 Å². The van der Waals surface area contributed by atoms with Gasteiger partial charge in [-0.2, -0.15) is 0 Å². The molecule has 0 saturated carbocycles. The van der Waals surface area contributed by atoms with E-state index in [0.717, 1.165) is 32.7 Å². The third-order valence-electron chi connectivity index (χ3n) is 4.77. The molecule has 0 aromatic heterocycles. The minimum Gasteiger partial charge on any atom is -0.323 e. The second-order valence-electron chi connectivity index (χ2n) is 6.59. The highest BCUT2D eigenvalue weighted by Crippen LogP contribution is 2.23. The molecule has 1 aliphatic heterocycles. The lowest BCUT2D eigenvalue weighted by Crippen LogP contribution is -2.52. The van der Waals surface area contributed by atoms with Gasteiger partial charge >= 0.3 is 0 Å². The lowest BCUT2D eigenvalue weighted by molar-refractivity contribution is -0.121. The smallest absolute Gasteiger partial charge is 0.241 e. The second kappa shape index (κ2) is 8.62. The van der Waals surface area contributed by atoms with Gasteiger partial charge in [0, 0.05) is 32.7 Å². The first-order chi connectivity index (χ1) is 12.5. The number of hydrogen-bond acceptors (Lipinski definition) is 3. The highest BCUT2D eigenvalue weighted by molar-refractivity contribution is 6.33. The summed E-state index contributed by atoms with van der Waals surface area (Å²) in [5.41, 5.74) is 1.74. The van der Waals surface area contributed by atoms with E-state index >= 15 is 0 Å². The predicted molar refractivity (Wildman–Crippen MR) is 103 cm³/mol. The number of halogens is 2. The zero-order valence-electron chi connectivity index (χ0n) is 14.8. The number of benzene rings is 2. The van der Waals surface area contributed by atoms with E-state index in [4.69, 9.17) is 11.6 Å². The van der Waals surface area contributed by atoms with Crippen LogP contribution in [0.2, 0.25) is 5.02 Å². The molecule has 0 spiro atoms. The molecule has 26 heavy (non-hydrogen) atoms. The van der Waals surface area contributed by atoms with Crippen LogP contribution in [0.25, 0.3) is 0 Å². The van der Waals surface area contributed by atoms with Crippen molar-refractivity contribution in [1.82, 2.24) is 9.80 Å². The Kier molecular flexibility index (Phi) is 6.25. The molecule has 1 aliphatic rings. The van der Waals surface area contributed by atoms with Crippen molar-refractivity contribution in [2.75, 3.05) is 31.5 Å². The fourth-order valence-corrected chi connectivity index (χ4v) is 3.36. The van der Waals surface area contributed by atoms with E-state index in [0.29, 0.717) is 5.69 Å². The summed E-state index contributed by atoms with van der Waals surface area (Å²) in [6.45, 7) is 6.32. The number of nitrogens with zero attached hydrogens (tertiary/aromatic N) is 2. The molecular weight excluding hydrogens is 353 g/mol. The van der Waals surface area contributed by atoms with Gasteiger partial charge in [0.1, 0.15) is 5.82 Å². The quantitative estimate of drug-likeness (QED) is 0.866. The molecule has 1 amide bonds. The maximum absolute atomic E-state index is 13.1. The fraction of sp³-hybridized carbons (Fsp3) is 0.350. The molecule has 0 bridgehead atoms. The molecule has 0 aliphatic carbocycles. The van der Waals surface area contributed by atoms with E-state index in [9.17, 15) is 9.18 Å². The van der Waals surface area contributed by atoms with Crippen molar-refractivity contribution in [2.45, 2.75) is 19.5 Å². The van der Waals surface area contributed by atoms with Crippen LogP contribution in [0, 0.1) is 5.82 Å². The molecule has 3 rings (SSSR count). The van der Waals surface area contributed by atoms with E-state index < -0.39 is 5.82 Å². The van der Waals surface area contributed by atoms with E-state index in [1.807, 2.05) is 13.0 Å². The lowest BCUT2D eigenvalue weighted by atomic mass is 10.1. The summed E-state index contributed by atoms with van der Waals surface area (Å²) in [7, 11) is 0. The number of carbonyl (C=O) groups excluding carboxylic acids is 1. The average molecular weight is 376 g/mol. The molecule has 2 aromatic carbocycles. The summed E-state index contributed by atoms with van der Waals surface area (Å²) in [5.74, 6) is -0.550. The molecule has 4 nitrogen and oxygen atoms in total. The SMILES string of the molecule is C[C@@H](C(=O)Nc1ccc(F)cc1Cl)N1CCN(Cc2ccccc2)CC1. The van der Waals surface area contributed by atoms with E-state index in [1.165, 1.54) is 23.8 Å². The fourth-order valence-electron chi connectivity index (χ4n) is 3.14. The topological polar surface area (TPSA) is 35.6 Å². The Morgan fingerprint density at radius 1 is 1.15 bits per heavy atom. The zero-order valence-corrected chi connectivity index (χ0v) is 15.5. The lowest BCUT2D eigenvalue weighted by Gasteiger charge is -2.37. The van der Waals surface area contributed by atoms with Crippen LogP contribution in [0.15, 0.2) is 48.5 Å². The Morgan fingerprint density at radius 2 is 1.85 bits per heavy atom. The van der Waals surface area contributed by atoms with E-state index in [2.05, 4.69) is 39.4 Å². The molecule has 0 unspecified atom stereocenters. The summed E-state index contributed by atoms with van der Waals surface area (Å²) in [6, 6.07) is 14.1. The molecule has 0 radical (unpaired) electrons. The van der Waals surface area contributed by atoms with Gasteiger partial charge in [-0.1, -0.05) is 41.9 Å². The Balaban J connectivity index is 1.51. The van der Waals surface area contributed by atoms with Crippen LogP contribution in [-0.4, -0.2) is 47.9 Å². The van der Waals surface area contributed by atoms with Crippen LogP contribution in [0.4, 0.5) is 10.1 Å². The van der Waals surface area contributed by atoms with Gasteiger partial charge in [0.15, 0.2) is 0 Å². The summed E-state index contributed by atoms with van der Waals surface area (Å²) in [6.07, 6.45) is 0. The molecule has 1 N–H and O–H groups in total. The minimum absolute atomic E-state index is 0.130. The molecule has 1 fully saturated rings. The maximum Gasteiger partial charge on any atom is 0.241 e. The molecule has 6 heteroatoms. The molecule has 138 valence electrons. The molecule has 2 aromatic rings. The number of nitrogens with one attached hydrogen (secondary N) is 1. The summed E-state index contributed by atoms with van der Waals surface area (Å²) in [5, 5.41) is 3.00. The molecular formula is C20H23ClFN3O. The summed E-state index contributed by atoms with van der Waals surface area (Å²) >= 11 is 5.99. The number of hydrogen-bond donors (Lipinski definition) is 1. The first kappa shape index (κ1) is 18.8. The van der Waals surface area contributed by atoms with Crippen molar-refractivity contribution >= 4 is 23.2 Å². The monoisotopic (exact) mass is 375 g/mol. The van der Waals surface area contributed by atoms with Crippen LogP contribution in [0.3, 0.4) is 0 Å². The van der Waals surface area contributed by atoms with Crippen LogP contribution in [-0.2, 0) is 11.3 Å². The van der Waals surface area contributed by atoms with Gasteiger partial charge in [0.25, 0.3) is 0 Å². The third kappa shape index (κ3) is 4.81. The van der Waals surface area contributed by atoms with E-state index in [1.54, 1.807) is 0 Å². The van der Waals surface area contributed by atoms with Crippen molar-refractivity contribution in [1.29, 1.82) is 0 Å². The van der Waals surface area contributed by atoms with Crippen molar-refractivity contribution in [2.24, 2.45) is 0 Å². The van der Waals surface area contributed by atoms with Gasteiger partial charge in [0.2, 0.25) is 5.91 Å². The van der Waals surface area contributed by atoms with Crippen molar-refractivity contribution < 1.29 is 9.18 Å². The van der Waals surface area contributed by atoms with Crippen molar-refractivity contribution in [3.8, 4) is 0 Å². The zero-order chi connectivity index (χ0) is 18.5. The van der Waals surface area contributed by atoms with Gasteiger partial charge in [-0.3, -0.25) is 14.6 Å². The summed E-state index contributed by atoms with van der Waals surface area (Å²) in [4.78, 5) is 17.1. The third-order valence-corrected chi connectivity index (χ3v) is 5.08. The van der Waals surface area contributed by atoms with Gasteiger partial charge in [-0.15, -0.1) is 0 Å². The second-order valence-corrected chi connectivity index (χ2v) is 6.99. The average Bonchev–Trinajstić information content (AvgIpc) is 2.65. The van der Waals surface area contributed by atoms with Gasteiger partial charge in [-0.05, 0) is 30.7 Å². The Morgan fingerprint density at radius 3 is 2.50 bits per heavy atom. The summed E-state index contributed by atoms with van der Waals surface area (Å²) < 4.78 is 13.1. The largest absolute Gasteiger partial charge is 0.323 e. The number of piperazine rings is 1. The number of rotatable bonds is 5. The first-order valence-corrected chi connectivity index (χ1v) is 9.17. The van der Waals surface area contributed by atoms with Crippen LogP contribution in [0.1, 0.15) is 12.5 Å². The standard InChI is InChI=1S/C20H23ClFN3O/c1-15(20(26)23-19-8-7-17(22)13-18(19)21)25-11-9-24(10-12-25)14-16-5-3-2-4-6-16/h2-8,13,15H,9-12,14H2,1H3,(H,23,26)/t15-/m0/s1. The highest BCUT2D eigenvalue weighted by atomic mass is 35.5. The van der Waals surface area contributed by atoms with Crippen LogP contribution < -0.4 is 5.32 Å². The number of anilines is 1. The Bertz CT molecular complexity index is 748. The Hall–Kier alpha value is -1.95. The van der Waals surface area contributed by atoms with Crippen LogP contribution >= 0.6 is 11.6 Å². The van der Waals surface area contributed by atoms with Crippen molar-refractivity contribution in [3.05, 3.63) is 64.9 Å². The van der Waals surface area contributed by atoms with Gasteiger partial charge in [0.05, 0.1) is 16.8 Å². The van der Waals surface area contributed by atoms with Crippen LogP contribution in [0.5, 0.6) is 0 Å². The van der Waals surface area contributed by atoms with Crippen molar-refractivity contribution in [3.63, 3.8) is 0 Å². The van der Waals surface area contributed by atoms with Gasteiger partial charge in [-0.25, -0.2) is 4.39 Å². The van der Waals surface area contributed by atoms with Gasteiger partial charge < -0.3 is 5.32 Å². The minimum atomic E-state index is -0.421. The number of carbonyl (C=O) groups is 1. The molecule has 1 atom stereocenters. The predicted octanol–water partition coefficient (Wildman–Crippen LogP) is 3.62. The molecule has 1 heterocycles. The van der Waals surface area contributed by atoms with E-state index in [-0.39, 0.29) is 17.0 Å². The molecule has 1 saturated heterocycles. The maximum atomic E-state index is 13.1. The highest BCUT2D eigenvalue weighted by Gasteiger charge is 2.26. The number of amides is 1. The normalized spacial score (nSPS) is 17.0. The first-order valence-electron chi connectivity index (χ1n) is 8.79.